The highest BCUT2D eigenvalue weighted by atomic mass is 16.2. The smallest absolute Gasteiger partial charge is 0.226 e. The molecule has 0 aromatic carbocycles. The van der Waals surface area contributed by atoms with Crippen LogP contribution in [0.5, 0.6) is 0 Å². The average Bonchev–Trinajstić information content (AvgIpc) is 2.73. The Hall–Kier alpha value is -1.46. The molecular formula is C22H36N4O. The molecule has 1 aromatic rings. The molecule has 5 heteroatoms. The summed E-state index contributed by atoms with van der Waals surface area (Å²) < 4.78 is 0. The Kier molecular flexibility index (Phi) is 7.65. The molecule has 5 nitrogen and oxygen atoms in total. The van der Waals surface area contributed by atoms with Crippen LogP contribution in [0.4, 0.5) is 0 Å². The summed E-state index contributed by atoms with van der Waals surface area (Å²) in [6.07, 6.45) is 9.48. The third-order valence-electron chi connectivity index (χ3n) is 6.22. The summed E-state index contributed by atoms with van der Waals surface area (Å²) in [5, 5.41) is 0. The van der Waals surface area contributed by atoms with Gasteiger partial charge in [-0.25, -0.2) is 0 Å². The van der Waals surface area contributed by atoms with Crippen molar-refractivity contribution in [3.8, 4) is 0 Å². The lowest BCUT2D eigenvalue weighted by Crippen LogP contribution is -2.51. The van der Waals surface area contributed by atoms with E-state index in [2.05, 4.69) is 45.7 Å². The summed E-state index contributed by atoms with van der Waals surface area (Å²) in [5.74, 6) is 0.597. The van der Waals surface area contributed by atoms with Crippen molar-refractivity contribution >= 4 is 5.91 Å². The number of hydrogen-bond donors (Lipinski definition) is 0. The first kappa shape index (κ1) is 20.3. The fourth-order valence-electron chi connectivity index (χ4n) is 4.68. The van der Waals surface area contributed by atoms with Crippen LogP contribution in [0.3, 0.4) is 0 Å². The number of likely N-dealkylation sites (tertiary alicyclic amines) is 2. The molecule has 0 saturated carbocycles. The molecule has 0 N–H and O–H groups in total. The van der Waals surface area contributed by atoms with E-state index >= 15 is 0 Å². The lowest BCUT2D eigenvalue weighted by molar-refractivity contribution is -0.137. The van der Waals surface area contributed by atoms with Gasteiger partial charge in [-0.2, -0.15) is 0 Å². The largest absolute Gasteiger partial charge is 0.343 e. The van der Waals surface area contributed by atoms with Gasteiger partial charge >= 0.3 is 0 Å². The van der Waals surface area contributed by atoms with Gasteiger partial charge in [0, 0.05) is 44.6 Å². The minimum absolute atomic E-state index is 0.208. The highest BCUT2D eigenvalue weighted by Gasteiger charge is 2.33. The maximum absolute atomic E-state index is 12.9. The number of pyridine rings is 1. The fraction of sp³-hybridized carbons (Fsp3) is 0.727. The van der Waals surface area contributed by atoms with Crippen molar-refractivity contribution in [1.82, 2.24) is 19.7 Å². The molecule has 150 valence electrons. The number of carbonyl (C=O) groups excluding carboxylic acids is 1. The number of piperidine rings is 2. The Morgan fingerprint density at radius 2 is 1.89 bits per heavy atom. The third-order valence-corrected chi connectivity index (χ3v) is 6.22. The van der Waals surface area contributed by atoms with Crippen LogP contribution in [0, 0.1) is 5.92 Å². The maximum atomic E-state index is 12.9. The zero-order valence-corrected chi connectivity index (χ0v) is 17.1. The first-order chi connectivity index (χ1) is 13.2. The Morgan fingerprint density at radius 3 is 2.56 bits per heavy atom. The molecule has 27 heavy (non-hydrogen) atoms. The fourth-order valence-corrected chi connectivity index (χ4v) is 4.68. The van der Waals surface area contributed by atoms with Crippen molar-refractivity contribution in [3.63, 3.8) is 0 Å². The molecule has 3 rings (SSSR count). The molecule has 2 fully saturated rings. The Labute approximate surface area is 164 Å². The van der Waals surface area contributed by atoms with Gasteiger partial charge in [-0.05, 0) is 76.4 Å². The maximum Gasteiger partial charge on any atom is 0.226 e. The van der Waals surface area contributed by atoms with Crippen molar-refractivity contribution < 1.29 is 4.79 Å². The zero-order chi connectivity index (χ0) is 19.1. The first-order valence-corrected chi connectivity index (χ1v) is 10.8. The molecular weight excluding hydrogens is 336 g/mol. The molecule has 2 aliphatic rings. The van der Waals surface area contributed by atoms with Crippen LogP contribution in [0.2, 0.25) is 0 Å². The number of carbonyl (C=O) groups is 1. The average molecular weight is 373 g/mol. The quantitative estimate of drug-likeness (QED) is 0.738. The highest BCUT2D eigenvalue weighted by Crippen LogP contribution is 2.25. The van der Waals surface area contributed by atoms with Gasteiger partial charge in [0.15, 0.2) is 0 Å². The van der Waals surface area contributed by atoms with Gasteiger partial charge in [0.2, 0.25) is 5.91 Å². The molecule has 0 spiro atoms. The van der Waals surface area contributed by atoms with E-state index in [1.165, 1.54) is 24.9 Å². The van der Waals surface area contributed by atoms with Crippen LogP contribution in [0.1, 0.15) is 51.5 Å². The predicted molar refractivity (Wildman–Crippen MR) is 109 cm³/mol. The summed E-state index contributed by atoms with van der Waals surface area (Å²) in [5.41, 5.74) is 1.35. The van der Waals surface area contributed by atoms with Gasteiger partial charge in [0.25, 0.3) is 0 Å². The van der Waals surface area contributed by atoms with E-state index in [0.717, 1.165) is 58.5 Å². The topological polar surface area (TPSA) is 39.7 Å². The van der Waals surface area contributed by atoms with E-state index in [4.69, 9.17) is 0 Å². The number of rotatable bonds is 7. The summed E-state index contributed by atoms with van der Waals surface area (Å²) in [6, 6.07) is 4.88. The van der Waals surface area contributed by atoms with E-state index in [1.807, 2.05) is 12.4 Å². The number of amides is 1. The van der Waals surface area contributed by atoms with Gasteiger partial charge in [-0.15, -0.1) is 0 Å². The van der Waals surface area contributed by atoms with Gasteiger partial charge < -0.3 is 4.90 Å². The number of hydrogen-bond acceptors (Lipinski definition) is 4. The normalized spacial score (nSPS) is 22.7. The lowest BCUT2D eigenvalue weighted by atomic mass is 9.92. The van der Waals surface area contributed by atoms with E-state index in [1.54, 1.807) is 0 Å². The van der Waals surface area contributed by atoms with Crippen molar-refractivity contribution in [1.29, 1.82) is 0 Å². The lowest BCUT2D eigenvalue weighted by Gasteiger charge is -2.42. The van der Waals surface area contributed by atoms with Crippen LogP contribution in [-0.4, -0.2) is 70.9 Å². The summed E-state index contributed by atoms with van der Waals surface area (Å²) in [4.78, 5) is 24.2. The molecule has 1 amide bonds. The van der Waals surface area contributed by atoms with Crippen molar-refractivity contribution in [3.05, 3.63) is 30.1 Å². The molecule has 0 unspecified atom stereocenters. The molecule has 1 aromatic heterocycles. The molecule has 3 heterocycles. The van der Waals surface area contributed by atoms with E-state index in [0.29, 0.717) is 11.9 Å². The van der Waals surface area contributed by atoms with Crippen LogP contribution in [0.25, 0.3) is 0 Å². The molecule has 0 bridgehead atoms. The van der Waals surface area contributed by atoms with Crippen molar-refractivity contribution in [2.24, 2.45) is 5.92 Å². The summed E-state index contributed by atoms with van der Waals surface area (Å²) in [6.45, 7) is 11.5. The third kappa shape index (κ3) is 5.52. The second-order valence-electron chi connectivity index (χ2n) is 8.11. The van der Waals surface area contributed by atoms with E-state index in [-0.39, 0.29) is 5.92 Å². The molecule has 1 atom stereocenters. The van der Waals surface area contributed by atoms with E-state index in [9.17, 15) is 4.79 Å². The first-order valence-electron chi connectivity index (χ1n) is 10.8. The number of aromatic nitrogens is 1. The minimum atomic E-state index is 0.208. The Morgan fingerprint density at radius 1 is 1.15 bits per heavy atom. The minimum Gasteiger partial charge on any atom is -0.343 e. The molecule has 2 aliphatic heterocycles. The second-order valence-corrected chi connectivity index (χ2v) is 8.11. The van der Waals surface area contributed by atoms with Crippen LogP contribution in [-0.2, 0) is 11.3 Å². The summed E-state index contributed by atoms with van der Waals surface area (Å²) >= 11 is 0. The SMILES string of the molecule is CCCN(CC)C(=O)[C@H]1CCCN(C2CCN(Cc3ccncc3)CC2)C1. The monoisotopic (exact) mass is 372 g/mol. The standard InChI is InChI=1S/C22H36N4O/c1-3-13-25(4-2)22(27)20-6-5-14-26(18-20)21-9-15-24(16-10-21)17-19-7-11-23-12-8-19/h7-8,11-12,20-21H,3-6,9-10,13-18H2,1-2H3/t20-/m0/s1. The Bertz CT molecular complexity index is 571. The number of nitrogens with zero attached hydrogens (tertiary/aromatic N) is 4. The van der Waals surface area contributed by atoms with Crippen molar-refractivity contribution in [2.45, 2.75) is 58.5 Å². The van der Waals surface area contributed by atoms with E-state index < -0.39 is 0 Å². The molecule has 2 saturated heterocycles. The van der Waals surface area contributed by atoms with Crippen LogP contribution in [0.15, 0.2) is 24.5 Å². The molecule has 0 radical (unpaired) electrons. The van der Waals surface area contributed by atoms with Gasteiger partial charge in [-0.1, -0.05) is 6.92 Å². The molecule has 0 aliphatic carbocycles. The predicted octanol–water partition coefficient (Wildman–Crippen LogP) is 3.02. The zero-order valence-electron chi connectivity index (χ0n) is 17.1. The van der Waals surface area contributed by atoms with Crippen molar-refractivity contribution in [2.75, 3.05) is 39.3 Å². The van der Waals surface area contributed by atoms with Crippen LogP contribution < -0.4 is 0 Å². The van der Waals surface area contributed by atoms with Gasteiger partial charge in [-0.3, -0.25) is 19.6 Å². The van der Waals surface area contributed by atoms with Gasteiger partial charge in [0.05, 0.1) is 5.92 Å². The van der Waals surface area contributed by atoms with Gasteiger partial charge in [0.1, 0.15) is 0 Å². The summed E-state index contributed by atoms with van der Waals surface area (Å²) in [7, 11) is 0. The second kappa shape index (κ2) is 10.2. The highest BCUT2D eigenvalue weighted by molar-refractivity contribution is 5.79. The van der Waals surface area contributed by atoms with Crippen LogP contribution >= 0.6 is 0 Å². The Balaban J connectivity index is 1.48.